The molecule has 1 atom stereocenters. The first-order valence-electron chi connectivity index (χ1n) is 8.73. The van der Waals surface area contributed by atoms with Gasteiger partial charge < -0.3 is 10.2 Å². The summed E-state index contributed by atoms with van der Waals surface area (Å²) in [5.74, 6) is 0.308. The molecular weight excluding hydrogens is 332 g/mol. The van der Waals surface area contributed by atoms with Crippen molar-refractivity contribution in [3.63, 3.8) is 0 Å². The molecule has 25 heavy (non-hydrogen) atoms. The van der Waals surface area contributed by atoms with Crippen molar-refractivity contribution in [2.45, 2.75) is 33.2 Å². The summed E-state index contributed by atoms with van der Waals surface area (Å²) in [6, 6.07) is 12.5. The number of nitrogens with one attached hydrogen (secondary N) is 1. The maximum absolute atomic E-state index is 11.8. The molecule has 2 aromatic carbocycles. The highest BCUT2D eigenvalue weighted by Gasteiger charge is 2.26. The molecule has 1 amide bonds. The lowest BCUT2D eigenvalue weighted by atomic mass is 9.84. The van der Waals surface area contributed by atoms with Crippen molar-refractivity contribution in [1.29, 1.82) is 0 Å². The Morgan fingerprint density at radius 2 is 1.92 bits per heavy atom. The fraction of sp³-hybridized carbons (Fsp3) is 0.381. The van der Waals surface area contributed by atoms with E-state index in [4.69, 9.17) is 11.6 Å². The molecule has 132 valence electrons. The molecule has 1 unspecified atom stereocenters. The van der Waals surface area contributed by atoms with Crippen LogP contribution in [0.25, 0.3) is 0 Å². The van der Waals surface area contributed by atoms with Gasteiger partial charge in [-0.3, -0.25) is 4.79 Å². The Kier molecular flexibility index (Phi) is 5.16. The van der Waals surface area contributed by atoms with Gasteiger partial charge in [-0.25, -0.2) is 0 Å². The summed E-state index contributed by atoms with van der Waals surface area (Å²) in [5, 5.41) is 3.80. The summed E-state index contributed by atoms with van der Waals surface area (Å²) in [7, 11) is 2.13. The molecule has 0 radical (unpaired) electrons. The fourth-order valence-corrected chi connectivity index (χ4v) is 3.73. The number of hydrogen-bond acceptors (Lipinski definition) is 2. The first-order chi connectivity index (χ1) is 11.8. The van der Waals surface area contributed by atoms with Crippen LogP contribution in [0.15, 0.2) is 36.4 Å². The average molecular weight is 357 g/mol. The highest BCUT2D eigenvalue weighted by molar-refractivity contribution is 6.31. The number of nitrogens with zero attached hydrogens (tertiary/aromatic N) is 1. The van der Waals surface area contributed by atoms with Crippen LogP contribution in [0, 0.1) is 12.8 Å². The Morgan fingerprint density at radius 3 is 2.56 bits per heavy atom. The minimum Gasteiger partial charge on any atom is -0.326 e. The van der Waals surface area contributed by atoms with Gasteiger partial charge in [0.05, 0.1) is 0 Å². The van der Waals surface area contributed by atoms with E-state index in [0.29, 0.717) is 5.92 Å². The largest absolute Gasteiger partial charge is 0.326 e. The topological polar surface area (TPSA) is 32.3 Å². The molecule has 1 aliphatic heterocycles. The van der Waals surface area contributed by atoms with Crippen LogP contribution >= 0.6 is 11.6 Å². The zero-order valence-corrected chi connectivity index (χ0v) is 16.0. The van der Waals surface area contributed by atoms with Crippen LogP contribution in [-0.2, 0) is 11.3 Å². The molecule has 1 heterocycles. The van der Waals surface area contributed by atoms with Crippen LogP contribution in [0.4, 0.5) is 5.69 Å². The van der Waals surface area contributed by atoms with E-state index in [2.05, 4.69) is 42.4 Å². The van der Waals surface area contributed by atoms with Crippen LogP contribution in [0.1, 0.15) is 42.0 Å². The predicted octanol–water partition coefficient (Wildman–Crippen LogP) is 4.82. The van der Waals surface area contributed by atoms with E-state index >= 15 is 0 Å². The predicted molar refractivity (Wildman–Crippen MR) is 104 cm³/mol. The second kappa shape index (κ2) is 7.19. The van der Waals surface area contributed by atoms with Gasteiger partial charge in [-0.15, -0.1) is 0 Å². The van der Waals surface area contributed by atoms with Crippen LogP contribution in [-0.4, -0.2) is 24.4 Å². The molecule has 0 aliphatic carbocycles. The lowest BCUT2D eigenvalue weighted by Crippen LogP contribution is -2.31. The lowest BCUT2D eigenvalue weighted by Gasteiger charge is -2.33. The molecule has 0 saturated carbocycles. The molecule has 3 nitrogen and oxygen atoms in total. The quantitative estimate of drug-likeness (QED) is 0.855. The molecule has 2 aromatic rings. The zero-order valence-electron chi connectivity index (χ0n) is 15.3. The van der Waals surface area contributed by atoms with Crippen molar-refractivity contribution in [2.24, 2.45) is 5.92 Å². The number of fused-ring (bicyclic) bond motifs is 1. The van der Waals surface area contributed by atoms with E-state index in [9.17, 15) is 4.79 Å². The van der Waals surface area contributed by atoms with Crippen LogP contribution < -0.4 is 5.32 Å². The molecular formula is C21H25ClN2O. The maximum atomic E-state index is 11.8. The monoisotopic (exact) mass is 356 g/mol. The summed E-state index contributed by atoms with van der Waals surface area (Å²) in [4.78, 5) is 14.2. The van der Waals surface area contributed by atoms with E-state index in [1.165, 1.54) is 22.3 Å². The third-order valence-electron chi connectivity index (χ3n) is 4.78. The Labute approximate surface area is 155 Å². The van der Waals surface area contributed by atoms with Gasteiger partial charge >= 0.3 is 0 Å². The second-order valence-corrected chi connectivity index (χ2v) is 7.74. The van der Waals surface area contributed by atoms with Gasteiger partial charge in [0.25, 0.3) is 0 Å². The number of halogens is 1. The summed E-state index contributed by atoms with van der Waals surface area (Å²) < 4.78 is 0. The molecule has 1 aliphatic rings. The Balaban J connectivity index is 1.91. The number of carbonyl (C=O) groups is 1. The number of anilines is 1. The number of aryl methyl sites for hydroxylation is 1. The molecule has 1 N–H and O–H groups in total. The zero-order chi connectivity index (χ0) is 18.1. The summed E-state index contributed by atoms with van der Waals surface area (Å²) in [5.41, 5.74) is 5.83. The maximum Gasteiger partial charge on any atom is 0.226 e. The van der Waals surface area contributed by atoms with E-state index in [-0.39, 0.29) is 11.8 Å². The van der Waals surface area contributed by atoms with Crippen LogP contribution in [0.5, 0.6) is 0 Å². The highest BCUT2D eigenvalue weighted by atomic mass is 35.5. The first kappa shape index (κ1) is 18.0. The van der Waals surface area contributed by atoms with Gasteiger partial charge in [0.2, 0.25) is 5.91 Å². The smallest absolute Gasteiger partial charge is 0.226 e. The molecule has 0 bridgehead atoms. The molecule has 0 spiro atoms. The van der Waals surface area contributed by atoms with Crippen LogP contribution in [0.3, 0.4) is 0 Å². The molecule has 4 heteroatoms. The average Bonchev–Trinajstić information content (AvgIpc) is 2.55. The number of rotatable bonds is 3. The number of hydrogen-bond donors (Lipinski definition) is 1. The molecule has 0 saturated heterocycles. The van der Waals surface area contributed by atoms with E-state index < -0.39 is 0 Å². The molecule has 0 aromatic heterocycles. The standard InChI is InChI=1S/C21H25ClN2O/c1-13(2)21(25)23-16-7-5-15(6-8-16)18-11-24(4)12-19-17(18)9-14(3)10-20(19)22/h5-10,13,18H,11-12H2,1-4H3,(H,23,25). The summed E-state index contributed by atoms with van der Waals surface area (Å²) >= 11 is 6.50. The minimum atomic E-state index is -0.0244. The van der Waals surface area contributed by atoms with Crippen molar-refractivity contribution in [3.05, 3.63) is 63.7 Å². The molecule has 0 fully saturated rings. The van der Waals surface area contributed by atoms with Crippen molar-refractivity contribution in [3.8, 4) is 0 Å². The summed E-state index contributed by atoms with van der Waals surface area (Å²) in [6.07, 6.45) is 0. The van der Waals surface area contributed by atoms with Gasteiger partial charge in [0.15, 0.2) is 0 Å². The Morgan fingerprint density at radius 1 is 1.24 bits per heavy atom. The third kappa shape index (κ3) is 3.88. The van der Waals surface area contributed by atoms with E-state index in [1.807, 2.05) is 32.0 Å². The number of carbonyl (C=O) groups excluding carboxylic acids is 1. The Hall–Kier alpha value is -1.84. The van der Waals surface area contributed by atoms with Gasteiger partial charge in [-0.2, -0.15) is 0 Å². The minimum absolute atomic E-state index is 0.0244. The Bertz CT molecular complexity index is 783. The van der Waals surface area contributed by atoms with E-state index in [1.54, 1.807) is 0 Å². The van der Waals surface area contributed by atoms with E-state index in [0.717, 1.165) is 23.8 Å². The van der Waals surface area contributed by atoms with Crippen molar-refractivity contribution in [1.82, 2.24) is 4.90 Å². The second-order valence-electron chi connectivity index (χ2n) is 7.33. The van der Waals surface area contributed by atoms with Gasteiger partial charge in [0.1, 0.15) is 0 Å². The van der Waals surface area contributed by atoms with Gasteiger partial charge in [-0.05, 0) is 54.4 Å². The lowest BCUT2D eigenvalue weighted by molar-refractivity contribution is -0.118. The SMILES string of the molecule is Cc1cc(Cl)c2c(c1)C(c1ccc(NC(=O)C(C)C)cc1)CN(C)C2. The fourth-order valence-electron chi connectivity index (χ4n) is 3.39. The van der Waals surface area contributed by atoms with Crippen molar-refractivity contribution in [2.75, 3.05) is 18.9 Å². The number of benzene rings is 2. The van der Waals surface area contributed by atoms with Crippen LogP contribution in [0.2, 0.25) is 5.02 Å². The van der Waals surface area contributed by atoms with Crippen molar-refractivity contribution >= 4 is 23.2 Å². The number of amides is 1. The highest BCUT2D eigenvalue weighted by Crippen LogP contribution is 2.37. The first-order valence-corrected chi connectivity index (χ1v) is 9.11. The van der Waals surface area contributed by atoms with Gasteiger partial charge in [-0.1, -0.05) is 43.6 Å². The normalized spacial score (nSPS) is 17.4. The third-order valence-corrected chi connectivity index (χ3v) is 5.11. The van der Waals surface area contributed by atoms with Crippen molar-refractivity contribution < 1.29 is 4.79 Å². The van der Waals surface area contributed by atoms with Gasteiger partial charge in [0, 0.05) is 35.6 Å². The number of likely N-dealkylation sites (N-methyl/N-ethyl adjacent to an activating group) is 1. The summed E-state index contributed by atoms with van der Waals surface area (Å²) in [6.45, 7) is 7.72. The molecule has 3 rings (SSSR count).